The second-order valence-electron chi connectivity index (χ2n) is 4.33. The van der Waals surface area contributed by atoms with Gasteiger partial charge in [0.1, 0.15) is 0 Å². The number of morpholine rings is 1. The quantitative estimate of drug-likeness (QED) is 0.661. The van der Waals surface area contributed by atoms with Crippen molar-refractivity contribution in [1.29, 1.82) is 0 Å². The highest BCUT2D eigenvalue weighted by molar-refractivity contribution is 5.78. The van der Waals surface area contributed by atoms with Gasteiger partial charge in [0.05, 0.1) is 19.8 Å². The van der Waals surface area contributed by atoms with E-state index in [0.29, 0.717) is 19.8 Å². The van der Waals surface area contributed by atoms with Crippen LogP contribution in [0.25, 0.3) is 0 Å². The lowest BCUT2D eigenvalue weighted by Gasteiger charge is -2.31. The minimum atomic E-state index is 0.278. The predicted molar refractivity (Wildman–Crippen MR) is 57.7 cm³/mol. The normalized spacial score (nSPS) is 24.1. The summed E-state index contributed by atoms with van der Waals surface area (Å²) in [5.41, 5.74) is 0. The molecule has 2 aliphatic heterocycles. The maximum absolute atomic E-state index is 11.9. The molecule has 0 aromatic carbocycles. The van der Waals surface area contributed by atoms with E-state index in [9.17, 15) is 4.79 Å². The summed E-state index contributed by atoms with van der Waals surface area (Å²) in [6, 6.07) is 0. The zero-order valence-electron chi connectivity index (χ0n) is 9.28. The third-order valence-electron chi connectivity index (χ3n) is 3.17. The maximum atomic E-state index is 11.9. The highest BCUT2D eigenvalue weighted by Gasteiger charge is 2.20. The highest BCUT2D eigenvalue weighted by atomic mass is 16.5. The van der Waals surface area contributed by atoms with Crippen LogP contribution in [-0.4, -0.2) is 61.6 Å². The van der Waals surface area contributed by atoms with Crippen molar-refractivity contribution in [3.05, 3.63) is 0 Å². The Labute approximate surface area is 91.2 Å². The van der Waals surface area contributed by atoms with Crippen molar-refractivity contribution in [1.82, 2.24) is 9.80 Å². The smallest absolute Gasteiger partial charge is 0.236 e. The van der Waals surface area contributed by atoms with E-state index < -0.39 is 0 Å². The molecule has 4 heteroatoms. The van der Waals surface area contributed by atoms with Gasteiger partial charge in [-0.2, -0.15) is 0 Å². The molecule has 2 aliphatic rings. The van der Waals surface area contributed by atoms with Gasteiger partial charge in [-0.15, -0.1) is 0 Å². The van der Waals surface area contributed by atoms with E-state index in [-0.39, 0.29) is 5.91 Å². The number of amides is 1. The van der Waals surface area contributed by atoms with Crippen LogP contribution in [-0.2, 0) is 9.53 Å². The molecule has 0 unspecified atom stereocenters. The number of ether oxygens (including phenoxy) is 1. The summed E-state index contributed by atoms with van der Waals surface area (Å²) in [5.74, 6) is 0.278. The number of rotatable bonds is 2. The van der Waals surface area contributed by atoms with E-state index in [1.54, 1.807) is 0 Å². The SMILES string of the molecule is O=C(CN1CCCCC1)N1CCOCC1. The summed E-state index contributed by atoms with van der Waals surface area (Å²) in [6.45, 7) is 5.74. The molecule has 0 N–H and O–H groups in total. The fourth-order valence-electron chi connectivity index (χ4n) is 2.22. The Bertz CT molecular complexity index is 209. The number of hydrogen-bond acceptors (Lipinski definition) is 3. The number of piperidine rings is 1. The van der Waals surface area contributed by atoms with Crippen molar-refractivity contribution >= 4 is 5.91 Å². The first-order chi connectivity index (χ1) is 7.36. The third-order valence-corrected chi connectivity index (χ3v) is 3.17. The molecule has 4 nitrogen and oxygen atoms in total. The minimum absolute atomic E-state index is 0.278. The Balaban J connectivity index is 1.74. The van der Waals surface area contributed by atoms with Crippen LogP contribution in [0.5, 0.6) is 0 Å². The molecule has 0 saturated carbocycles. The minimum Gasteiger partial charge on any atom is -0.378 e. The Morgan fingerprint density at radius 3 is 2.33 bits per heavy atom. The van der Waals surface area contributed by atoms with Gasteiger partial charge in [0, 0.05) is 13.1 Å². The van der Waals surface area contributed by atoms with Crippen molar-refractivity contribution in [2.24, 2.45) is 0 Å². The van der Waals surface area contributed by atoms with Crippen LogP contribution >= 0.6 is 0 Å². The summed E-state index contributed by atoms with van der Waals surface area (Å²) < 4.78 is 5.23. The molecule has 0 aromatic heterocycles. The molecular formula is C11H20N2O2. The fraction of sp³-hybridized carbons (Fsp3) is 0.909. The fourth-order valence-corrected chi connectivity index (χ4v) is 2.22. The standard InChI is InChI=1S/C11H20N2O2/c14-11(13-6-8-15-9-7-13)10-12-4-2-1-3-5-12/h1-10H2. The van der Waals surface area contributed by atoms with Crippen LogP contribution in [0.4, 0.5) is 0 Å². The maximum Gasteiger partial charge on any atom is 0.236 e. The lowest BCUT2D eigenvalue weighted by molar-refractivity contribution is -0.136. The molecule has 2 heterocycles. The van der Waals surface area contributed by atoms with Gasteiger partial charge in [0.2, 0.25) is 5.91 Å². The number of hydrogen-bond donors (Lipinski definition) is 0. The van der Waals surface area contributed by atoms with E-state index in [2.05, 4.69) is 4.90 Å². The van der Waals surface area contributed by atoms with Crippen molar-refractivity contribution in [2.75, 3.05) is 45.9 Å². The monoisotopic (exact) mass is 212 g/mol. The average molecular weight is 212 g/mol. The predicted octanol–water partition coefficient (Wildman–Crippen LogP) is 0.331. The van der Waals surface area contributed by atoms with E-state index in [1.165, 1.54) is 19.3 Å². The Hall–Kier alpha value is -0.610. The second-order valence-corrected chi connectivity index (χ2v) is 4.33. The molecule has 0 aliphatic carbocycles. The molecule has 0 atom stereocenters. The van der Waals surface area contributed by atoms with Gasteiger partial charge in [-0.25, -0.2) is 0 Å². The van der Waals surface area contributed by atoms with Gasteiger partial charge < -0.3 is 9.64 Å². The van der Waals surface area contributed by atoms with Gasteiger partial charge in [0.25, 0.3) is 0 Å². The zero-order valence-corrected chi connectivity index (χ0v) is 9.28. The molecule has 15 heavy (non-hydrogen) atoms. The third kappa shape index (κ3) is 3.18. The molecule has 1 amide bonds. The molecule has 0 bridgehead atoms. The molecule has 0 radical (unpaired) electrons. The molecule has 2 rings (SSSR count). The topological polar surface area (TPSA) is 32.8 Å². The Kier molecular flexibility index (Phi) is 3.97. The number of carbonyl (C=O) groups excluding carboxylic acids is 1. The molecule has 0 aromatic rings. The summed E-state index contributed by atoms with van der Waals surface area (Å²) in [5, 5.41) is 0. The van der Waals surface area contributed by atoms with Crippen molar-refractivity contribution in [3.63, 3.8) is 0 Å². The number of nitrogens with zero attached hydrogens (tertiary/aromatic N) is 2. The van der Waals surface area contributed by atoms with Crippen molar-refractivity contribution in [3.8, 4) is 0 Å². The number of likely N-dealkylation sites (tertiary alicyclic amines) is 1. The molecule has 0 spiro atoms. The molecule has 2 saturated heterocycles. The molecule has 86 valence electrons. The van der Waals surface area contributed by atoms with E-state index in [0.717, 1.165) is 26.2 Å². The summed E-state index contributed by atoms with van der Waals surface area (Å²) in [6.07, 6.45) is 3.81. The van der Waals surface area contributed by atoms with E-state index >= 15 is 0 Å². The number of carbonyl (C=O) groups is 1. The van der Waals surface area contributed by atoms with Crippen LogP contribution in [0.2, 0.25) is 0 Å². The van der Waals surface area contributed by atoms with Crippen LogP contribution in [0.1, 0.15) is 19.3 Å². The van der Waals surface area contributed by atoms with E-state index in [1.807, 2.05) is 4.90 Å². The molecular weight excluding hydrogens is 192 g/mol. The van der Waals surface area contributed by atoms with Gasteiger partial charge in [-0.05, 0) is 25.9 Å². The van der Waals surface area contributed by atoms with Crippen molar-refractivity contribution < 1.29 is 9.53 Å². The van der Waals surface area contributed by atoms with Gasteiger partial charge >= 0.3 is 0 Å². The lowest BCUT2D eigenvalue weighted by Crippen LogP contribution is -2.46. The first kappa shape index (κ1) is 10.9. The van der Waals surface area contributed by atoms with Gasteiger partial charge in [-0.1, -0.05) is 6.42 Å². The van der Waals surface area contributed by atoms with Crippen LogP contribution < -0.4 is 0 Å². The molecule has 2 fully saturated rings. The highest BCUT2D eigenvalue weighted by Crippen LogP contribution is 2.09. The second kappa shape index (κ2) is 5.47. The lowest BCUT2D eigenvalue weighted by atomic mass is 10.1. The van der Waals surface area contributed by atoms with Gasteiger partial charge in [-0.3, -0.25) is 9.69 Å². The van der Waals surface area contributed by atoms with Crippen molar-refractivity contribution in [2.45, 2.75) is 19.3 Å². The van der Waals surface area contributed by atoms with Crippen LogP contribution in [0.15, 0.2) is 0 Å². The largest absolute Gasteiger partial charge is 0.378 e. The zero-order chi connectivity index (χ0) is 10.5. The first-order valence-electron chi connectivity index (χ1n) is 5.94. The Morgan fingerprint density at radius 1 is 1.00 bits per heavy atom. The average Bonchev–Trinajstić information content (AvgIpc) is 2.31. The summed E-state index contributed by atoms with van der Waals surface area (Å²) in [4.78, 5) is 16.1. The Morgan fingerprint density at radius 2 is 1.67 bits per heavy atom. The summed E-state index contributed by atoms with van der Waals surface area (Å²) in [7, 11) is 0. The van der Waals surface area contributed by atoms with Crippen LogP contribution in [0.3, 0.4) is 0 Å². The van der Waals surface area contributed by atoms with Crippen LogP contribution in [0, 0.1) is 0 Å². The van der Waals surface area contributed by atoms with Gasteiger partial charge in [0.15, 0.2) is 0 Å². The first-order valence-corrected chi connectivity index (χ1v) is 5.94. The van der Waals surface area contributed by atoms with E-state index in [4.69, 9.17) is 4.74 Å². The summed E-state index contributed by atoms with van der Waals surface area (Å²) >= 11 is 0.